The third-order valence-electron chi connectivity index (χ3n) is 2.58. The SMILES string of the molecule is Cc1ccccc1-n1nncc1CC(C)(C)O. The summed E-state index contributed by atoms with van der Waals surface area (Å²) in [4.78, 5) is 0. The molecule has 0 amide bonds. The number of hydrogen-bond donors (Lipinski definition) is 1. The third-order valence-corrected chi connectivity index (χ3v) is 2.58. The van der Waals surface area contributed by atoms with Crippen LogP contribution in [-0.4, -0.2) is 25.7 Å². The number of nitrogens with zero attached hydrogens (tertiary/aromatic N) is 3. The van der Waals surface area contributed by atoms with Crippen molar-refractivity contribution in [2.75, 3.05) is 0 Å². The van der Waals surface area contributed by atoms with E-state index in [0.29, 0.717) is 6.42 Å². The van der Waals surface area contributed by atoms with Crippen LogP contribution in [0.4, 0.5) is 0 Å². The van der Waals surface area contributed by atoms with E-state index in [1.54, 1.807) is 24.7 Å². The Kier molecular flexibility index (Phi) is 2.98. The van der Waals surface area contributed by atoms with E-state index in [0.717, 1.165) is 16.9 Å². The summed E-state index contributed by atoms with van der Waals surface area (Å²) in [6, 6.07) is 7.99. The number of aromatic nitrogens is 3. The molecule has 0 bridgehead atoms. The molecule has 0 fully saturated rings. The van der Waals surface area contributed by atoms with Crippen LogP contribution < -0.4 is 0 Å². The van der Waals surface area contributed by atoms with Crippen LogP contribution in [0.2, 0.25) is 0 Å². The van der Waals surface area contributed by atoms with E-state index in [2.05, 4.69) is 10.3 Å². The molecular weight excluding hydrogens is 214 g/mol. The van der Waals surface area contributed by atoms with Gasteiger partial charge in [0.05, 0.1) is 23.2 Å². The summed E-state index contributed by atoms with van der Waals surface area (Å²) in [6.07, 6.45) is 2.22. The molecule has 1 aromatic carbocycles. The Balaban J connectivity index is 2.41. The molecule has 4 nitrogen and oxygen atoms in total. The summed E-state index contributed by atoms with van der Waals surface area (Å²) in [7, 11) is 0. The van der Waals surface area contributed by atoms with Crippen LogP contribution in [0.25, 0.3) is 5.69 Å². The molecule has 2 rings (SSSR count). The largest absolute Gasteiger partial charge is 0.390 e. The minimum absolute atomic E-state index is 0.522. The number of para-hydroxylation sites is 1. The van der Waals surface area contributed by atoms with Crippen molar-refractivity contribution in [2.45, 2.75) is 32.8 Å². The van der Waals surface area contributed by atoms with Gasteiger partial charge in [0, 0.05) is 6.42 Å². The Bertz CT molecular complexity index is 511. The van der Waals surface area contributed by atoms with Crippen molar-refractivity contribution in [3.05, 3.63) is 41.7 Å². The molecule has 0 aliphatic rings. The maximum atomic E-state index is 9.86. The highest BCUT2D eigenvalue weighted by atomic mass is 16.3. The van der Waals surface area contributed by atoms with Crippen LogP contribution in [-0.2, 0) is 6.42 Å². The zero-order valence-electron chi connectivity index (χ0n) is 10.4. The minimum atomic E-state index is -0.762. The van der Waals surface area contributed by atoms with Gasteiger partial charge >= 0.3 is 0 Å². The lowest BCUT2D eigenvalue weighted by molar-refractivity contribution is 0.0793. The molecular formula is C13H17N3O. The van der Waals surface area contributed by atoms with E-state index in [9.17, 15) is 5.11 Å². The number of hydrogen-bond acceptors (Lipinski definition) is 3. The molecule has 0 unspecified atom stereocenters. The number of aryl methyl sites for hydroxylation is 1. The second-order valence-electron chi connectivity index (χ2n) is 4.91. The monoisotopic (exact) mass is 231 g/mol. The van der Waals surface area contributed by atoms with E-state index in [-0.39, 0.29) is 0 Å². The number of aliphatic hydroxyl groups is 1. The van der Waals surface area contributed by atoms with Crippen LogP contribution in [0.1, 0.15) is 25.1 Å². The first-order valence-electron chi connectivity index (χ1n) is 5.65. The smallest absolute Gasteiger partial charge is 0.0730 e. The Morgan fingerprint density at radius 1 is 1.29 bits per heavy atom. The summed E-state index contributed by atoms with van der Waals surface area (Å²) in [5.74, 6) is 0. The summed E-state index contributed by atoms with van der Waals surface area (Å²) in [5.41, 5.74) is 2.29. The van der Waals surface area contributed by atoms with Gasteiger partial charge in [-0.2, -0.15) is 0 Å². The summed E-state index contributed by atoms with van der Waals surface area (Å²) >= 11 is 0. The van der Waals surface area contributed by atoms with Crippen molar-refractivity contribution >= 4 is 0 Å². The van der Waals surface area contributed by atoms with Gasteiger partial charge in [-0.1, -0.05) is 23.4 Å². The van der Waals surface area contributed by atoms with Gasteiger partial charge in [0.25, 0.3) is 0 Å². The molecule has 0 saturated carbocycles. The average Bonchev–Trinajstić information content (AvgIpc) is 2.64. The molecule has 1 heterocycles. The number of rotatable bonds is 3. The summed E-state index contributed by atoms with van der Waals surface area (Å²) in [5, 5.41) is 17.9. The van der Waals surface area contributed by atoms with Crippen molar-refractivity contribution in [1.82, 2.24) is 15.0 Å². The predicted molar refractivity (Wildman–Crippen MR) is 66.1 cm³/mol. The minimum Gasteiger partial charge on any atom is -0.390 e. The van der Waals surface area contributed by atoms with Crippen LogP contribution in [0, 0.1) is 6.92 Å². The van der Waals surface area contributed by atoms with Crippen LogP contribution >= 0.6 is 0 Å². The lowest BCUT2D eigenvalue weighted by atomic mass is 10.0. The van der Waals surface area contributed by atoms with Crippen LogP contribution in [0.15, 0.2) is 30.5 Å². The molecule has 0 spiro atoms. The molecule has 1 N–H and O–H groups in total. The van der Waals surface area contributed by atoms with E-state index in [1.165, 1.54) is 0 Å². The second-order valence-corrected chi connectivity index (χ2v) is 4.91. The standard InChI is InChI=1S/C13H17N3O/c1-10-6-4-5-7-12(10)16-11(9-14-15-16)8-13(2,3)17/h4-7,9,17H,8H2,1-3H3. The van der Waals surface area contributed by atoms with Gasteiger partial charge in [0.1, 0.15) is 0 Å². The van der Waals surface area contributed by atoms with Gasteiger partial charge in [-0.3, -0.25) is 0 Å². The summed E-state index contributed by atoms with van der Waals surface area (Å²) in [6.45, 7) is 5.59. The average molecular weight is 231 g/mol. The molecule has 1 aromatic heterocycles. The summed E-state index contributed by atoms with van der Waals surface area (Å²) < 4.78 is 1.79. The Labute approximate surface area is 101 Å². The molecule has 4 heteroatoms. The highest BCUT2D eigenvalue weighted by Gasteiger charge is 2.18. The van der Waals surface area contributed by atoms with E-state index >= 15 is 0 Å². The molecule has 0 aliphatic carbocycles. The first-order valence-corrected chi connectivity index (χ1v) is 5.65. The molecule has 0 saturated heterocycles. The van der Waals surface area contributed by atoms with Crippen LogP contribution in [0.3, 0.4) is 0 Å². The molecule has 0 radical (unpaired) electrons. The topological polar surface area (TPSA) is 50.9 Å². The predicted octanol–water partition coefficient (Wildman–Crippen LogP) is 1.89. The Hall–Kier alpha value is -1.68. The molecule has 0 atom stereocenters. The first-order chi connectivity index (χ1) is 7.97. The molecule has 90 valence electrons. The van der Waals surface area contributed by atoms with Crippen molar-refractivity contribution in [1.29, 1.82) is 0 Å². The fraction of sp³-hybridized carbons (Fsp3) is 0.385. The lowest BCUT2D eigenvalue weighted by Crippen LogP contribution is -2.23. The van der Waals surface area contributed by atoms with Gasteiger partial charge in [-0.15, -0.1) is 5.10 Å². The molecule has 17 heavy (non-hydrogen) atoms. The van der Waals surface area contributed by atoms with Gasteiger partial charge in [0.15, 0.2) is 0 Å². The second kappa shape index (κ2) is 4.30. The fourth-order valence-electron chi connectivity index (χ4n) is 1.82. The highest BCUT2D eigenvalue weighted by Crippen LogP contribution is 2.17. The van der Waals surface area contributed by atoms with E-state index in [1.807, 2.05) is 31.2 Å². The molecule has 0 aliphatic heterocycles. The highest BCUT2D eigenvalue weighted by molar-refractivity contribution is 5.40. The lowest BCUT2D eigenvalue weighted by Gasteiger charge is -2.17. The van der Waals surface area contributed by atoms with Gasteiger partial charge in [0.2, 0.25) is 0 Å². The van der Waals surface area contributed by atoms with Crippen molar-refractivity contribution in [3.63, 3.8) is 0 Å². The van der Waals surface area contributed by atoms with Crippen molar-refractivity contribution in [2.24, 2.45) is 0 Å². The van der Waals surface area contributed by atoms with Crippen molar-refractivity contribution in [3.8, 4) is 5.69 Å². The van der Waals surface area contributed by atoms with Crippen LogP contribution in [0.5, 0.6) is 0 Å². The van der Waals surface area contributed by atoms with E-state index < -0.39 is 5.60 Å². The van der Waals surface area contributed by atoms with Crippen molar-refractivity contribution < 1.29 is 5.11 Å². The maximum absolute atomic E-state index is 9.86. The first kappa shape index (κ1) is 11.8. The Morgan fingerprint density at radius 2 is 2.00 bits per heavy atom. The Morgan fingerprint density at radius 3 is 2.65 bits per heavy atom. The maximum Gasteiger partial charge on any atom is 0.0730 e. The third kappa shape index (κ3) is 2.71. The normalized spacial score (nSPS) is 11.8. The van der Waals surface area contributed by atoms with Gasteiger partial charge < -0.3 is 5.11 Å². The molecule has 2 aromatic rings. The van der Waals surface area contributed by atoms with E-state index in [4.69, 9.17) is 0 Å². The number of benzene rings is 1. The zero-order valence-corrected chi connectivity index (χ0v) is 10.4. The van der Waals surface area contributed by atoms with Gasteiger partial charge in [-0.25, -0.2) is 4.68 Å². The fourth-order valence-corrected chi connectivity index (χ4v) is 1.82. The quantitative estimate of drug-likeness (QED) is 0.877. The zero-order chi connectivity index (χ0) is 12.5. The van der Waals surface area contributed by atoms with Gasteiger partial charge in [-0.05, 0) is 32.4 Å².